The van der Waals surface area contributed by atoms with Gasteiger partial charge >= 0.3 is 0 Å². The highest BCUT2D eigenvalue weighted by Gasteiger charge is 2.40. The van der Waals surface area contributed by atoms with Crippen LogP contribution in [-0.4, -0.2) is 56.0 Å². The van der Waals surface area contributed by atoms with Crippen LogP contribution in [0.2, 0.25) is 0 Å². The number of hydrogen-bond acceptors (Lipinski definition) is 3. The summed E-state index contributed by atoms with van der Waals surface area (Å²) in [6.07, 6.45) is 3.45. The molecule has 1 fully saturated rings. The van der Waals surface area contributed by atoms with E-state index in [1.807, 2.05) is 6.92 Å². The van der Waals surface area contributed by atoms with Crippen molar-refractivity contribution in [2.24, 2.45) is 10.4 Å². The first-order valence-corrected chi connectivity index (χ1v) is 10.4. The summed E-state index contributed by atoms with van der Waals surface area (Å²) in [6.45, 7) is 15.1. The third-order valence-corrected chi connectivity index (χ3v) is 6.81. The van der Waals surface area contributed by atoms with Crippen LogP contribution >= 0.6 is 0 Å². The predicted molar refractivity (Wildman–Crippen MR) is 98.7 cm³/mol. The molecule has 23 heavy (non-hydrogen) atoms. The molecule has 0 bridgehead atoms. The topological polar surface area (TPSA) is 61.8 Å². The van der Waals surface area contributed by atoms with E-state index in [0.29, 0.717) is 18.5 Å². The second-order valence-electron chi connectivity index (χ2n) is 8.25. The van der Waals surface area contributed by atoms with Crippen molar-refractivity contribution >= 4 is 15.8 Å². The largest absolute Gasteiger partial charge is 0.357 e. The first kappa shape index (κ1) is 20.3. The molecule has 1 aliphatic heterocycles. The molecule has 0 unspecified atom stereocenters. The molecule has 1 heterocycles. The normalized spacial score (nSPS) is 21.3. The Labute approximate surface area is 142 Å². The minimum atomic E-state index is -3.01. The van der Waals surface area contributed by atoms with Gasteiger partial charge in [0, 0.05) is 26.2 Å². The van der Waals surface area contributed by atoms with Gasteiger partial charge in [-0.15, -0.1) is 0 Å². The van der Waals surface area contributed by atoms with Crippen molar-refractivity contribution < 1.29 is 8.42 Å². The van der Waals surface area contributed by atoms with Gasteiger partial charge in [0.2, 0.25) is 0 Å². The quantitative estimate of drug-likeness (QED) is 0.473. The van der Waals surface area contributed by atoms with Gasteiger partial charge in [-0.1, -0.05) is 27.2 Å². The molecular formula is C17H35N3O2S. The third-order valence-electron chi connectivity index (χ3n) is 4.27. The molecule has 0 radical (unpaired) electrons. The second-order valence-corrected chi connectivity index (χ2v) is 11.0. The minimum Gasteiger partial charge on any atom is -0.357 e. The molecule has 0 aromatic heterocycles. The van der Waals surface area contributed by atoms with Crippen LogP contribution in [0.5, 0.6) is 0 Å². The van der Waals surface area contributed by atoms with Crippen molar-refractivity contribution in [3.05, 3.63) is 0 Å². The highest BCUT2D eigenvalue weighted by atomic mass is 32.2. The SMILES string of the molecule is CCNC(=NCCCCC(C)(C)C)N1CCS(=O)(=O)C(C)(C)C1. The Hall–Kier alpha value is -0.780. The Morgan fingerprint density at radius 1 is 1.26 bits per heavy atom. The average molecular weight is 346 g/mol. The Balaban J connectivity index is 2.62. The van der Waals surface area contributed by atoms with Gasteiger partial charge < -0.3 is 10.2 Å². The fourth-order valence-corrected chi connectivity index (χ4v) is 4.07. The van der Waals surface area contributed by atoms with Gasteiger partial charge in [-0.3, -0.25) is 4.99 Å². The van der Waals surface area contributed by atoms with E-state index in [0.717, 1.165) is 25.5 Å². The molecular weight excluding hydrogens is 310 g/mol. The molecule has 0 saturated carbocycles. The number of nitrogens with zero attached hydrogens (tertiary/aromatic N) is 2. The number of guanidine groups is 1. The van der Waals surface area contributed by atoms with Crippen molar-refractivity contribution in [3.8, 4) is 0 Å². The number of hydrogen-bond donors (Lipinski definition) is 1. The molecule has 1 saturated heterocycles. The lowest BCUT2D eigenvalue weighted by Crippen LogP contribution is -2.57. The van der Waals surface area contributed by atoms with Crippen molar-refractivity contribution in [1.82, 2.24) is 10.2 Å². The molecule has 0 aromatic rings. The van der Waals surface area contributed by atoms with E-state index in [9.17, 15) is 8.42 Å². The minimum absolute atomic E-state index is 0.203. The number of nitrogens with one attached hydrogen (secondary N) is 1. The molecule has 1 N–H and O–H groups in total. The summed E-state index contributed by atoms with van der Waals surface area (Å²) in [4.78, 5) is 6.80. The smallest absolute Gasteiger partial charge is 0.193 e. The molecule has 1 rings (SSSR count). The fourth-order valence-electron chi connectivity index (χ4n) is 2.70. The van der Waals surface area contributed by atoms with Gasteiger partial charge in [0.25, 0.3) is 0 Å². The highest BCUT2D eigenvalue weighted by molar-refractivity contribution is 7.92. The summed E-state index contributed by atoms with van der Waals surface area (Å²) in [5, 5.41) is 3.31. The van der Waals surface area contributed by atoms with Crippen LogP contribution in [0.1, 0.15) is 60.8 Å². The lowest BCUT2D eigenvalue weighted by atomic mass is 9.90. The molecule has 0 atom stereocenters. The van der Waals surface area contributed by atoms with Gasteiger partial charge in [-0.2, -0.15) is 0 Å². The molecule has 0 aromatic carbocycles. The Kier molecular flexibility index (Phi) is 6.93. The first-order chi connectivity index (χ1) is 10.5. The molecule has 1 aliphatic rings. The zero-order valence-corrected chi connectivity index (χ0v) is 16.6. The van der Waals surface area contributed by atoms with Crippen LogP contribution < -0.4 is 5.32 Å². The maximum atomic E-state index is 12.1. The van der Waals surface area contributed by atoms with Crippen molar-refractivity contribution in [2.75, 3.05) is 31.9 Å². The molecule has 136 valence electrons. The molecule has 6 heteroatoms. The van der Waals surface area contributed by atoms with E-state index >= 15 is 0 Å². The highest BCUT2D eigenvalue weighted by Crippen LogP contribution is 2.24. The fraction of sp³-hybridized carbons (Fsp3) is 0.941. The molecule has 0 aliphatic carbocycles. The summed E-state index contributed by atoms with van der Waals surface area (Å²) in [5.41, 5.74) is 0.374. The van der Waals surface area contributed by atoms with Crippen molar-refractivity contribution in [2.45, 2.75) is 65.6 Å². The Morgan fingerprint density at radius 3 is 2.43 bits per heavy atom. The van der Waals surface area contributed by atoms with Crippen LogP contribution in [0.15, 0.2) is 4.99 Å². The lowest BCUT2D eigenvalue weighted by Gasteiger charge is -2.39. The van der Waals surface area contributed by atoms with Crippen LogP contribution in [0, 0.1) is 5.41 Å². The van der Waals surface area contributed by atoms with Crippen molar-refractivity contribution in [1.29, 1.82) is 0 Å². The van der Waals surface area contributed by atoms with E-state index in [4.69, 9.17) is 4.99 Å². The van der Waals surface area contributed by atoms with Crippen molar-refractivity contribution in [3.63, 3.8) is 0 Å². The van der Waals surface area contributed by atoms with E-state index < -0.39 is 14.6 Å². The third kappa shape index (κ3) is 6.32. The van der Waals surface area contributed by atoms with Gasteiger partial charge in [0.1, 0.15) is 0 Å². The first-order valence-electron chi connectivity index (χ1n) is 8.74. The van der Waals surface area contributed by atoms with Crippen LogP contribution in [0.4, 0.5) is 0 Å². The van der Waals surface area contributed by atoms with Crippen LogP contribution in [-0.2, 0) is 9.84 Å². The number of rotatable bonds is 5. The maximum Gasteiger partial charge on any atom is 0.193 e. The second kappa shape index (κ2) is 7.86. The average Bonchev–Trinajstić information content (AvgIpc) is 2.39. The summed E-state index contributed by atoms with van der Waals surface area (Å²) < 4.78 is 23.6. The molecule has 0 amide bonds. The zero-order chi connectivity index (χ0) is 17.7. The number of aliphatic imine (C=N–C) groups is 1. The lowest BCUT2D eigenvalue weighted by molar-refractivity contribution is 0.351. The van der Waals surface area contributed by atoms with E-state index in [2.05, 4.69) is 31.0 Å². The zero-order valence-electron chi connectivity index (χ0n) is 15.8. The standard InChI is InChI=1S/C17H35N3O2S/c1-7-18-15(19-11-9-8-10-16(2,3)4)20-12-13-23(21,22)17(5,6)14-20/h7-14H2,1-6H3,(H,18,19). The van der Waals surface area contributed by atoms with E-state index in [1.165, 1.54) is 12.8 Å². The van der Waals surface area contributed by atoms with E-state index in [1.54, 1.807) is 13.8 Å². The Bertz CT molecular complexity index is 504. The van der Waals surface area contributed by atoms with Gasteiger partial charge in [0.15, 0.2) is 15.8 Å². The predicted octanol–water partition coefficient (Wildman–Crippen LogP) is 2.68. The van der Waals surface area contributed by atoms with Crippen LogP contribution in [0.25, 0.3) is 0 Å². The summed E-state index contributed by atoms with van der Waals surface area (Å²) >= 11 is 0. The Morgan fingerprint density at radius 2 is 1.91 bits per heavy atom. The number of sulfone groups is 1. The van der Waals surface area contributed by atoms with Crippen LogP contribution in [0.3, 0.4) is 0 Å². The summed E-state index contributed by atoms with van der Waals surface area (Å²) in [7, 11) is -3.01. The summed E-state index contributed by atoms with van der Waals surface area (Å²) in [5.74, 6) is 1.06. The molecule has 0 spiro atoms. The number of unbranched alkanes of at least 4 members (excludes halogenated alkanes) is 1. The summed E-state index contributed by atoms with van der Waals surface area (Å²) in [6, 6.07) is 0. The van der Waals surface area contributed by atoms with Gasteiger partial charge in [0.05, 0.1) is 10.5 Å². The van der Waals surface area contributed by atoms with Gasteiger partial charge in [-0.25, -0.2) is 8.42 Å². The molecule has 5 nitrogen and oxygen atoms in total. The van der Waals surface area contributed by atoms with E-state index in [-0.39, 0.29) is 5.75 Å². The monoisotopic (exact) mass is 345 g/mol. The maximum absolute atomic E-state index is 12.1. The van der Waals surface area contributed by atoms with Gasteiger partial charge in [-0.05, 0) is 39.0 Å².